The number of hydrogen-bond acceptors (Lipinski definition) is 4. The van der Waals surface area contributed by atoms with Crippen molar-refractivity contribution in [2.45, 2.75) is 51.7 Å². The van der Waals surface area contributed by atoms with Gasteiger partial charge in [-0.15, -0.1) is 11.3 Å². The predicted molar refractivity (Wildman–Crippen MR) is 115 cm³/mol. The van der Waals surface area contributed by atoms with Crippen molar-refractivity contribution >= 4 is 27.3 Å². The highest BCUT2D eigenvalue weighted by Crippen LogP contribution is 2.34. The van der Waals surface area contributed by atoms with Gasteiger partial charge in [-0.2, -0.15) is 0 Å². The third-order valence-electron chi connectivity index (χ3n) is 5.81. The monoisotopic (exact) mass is 396 g/mol. The van der Waals surface area contributed by atoms with Crippen LogP contribution in [0.15, 0.2) is 36.7 Å². The Bertz CT molecular complexity index is 961. The van der Waals surface area contributed by atoms with E-state index in [1.54, 1.807) is 18.4 Å². The van der Waals surface area contributed by atoms with Crippen molar-refractivity contribution in [3.63, 3.8) is 0 Å². The summed E-state index contributed by atoms with van der Waals surface area (Å²) >= 11 is 1.61. The zero-order chi connectivity index (χ0) is 19.5. The van der Waals surface area contributed by atoms with Crippen LogP contribution in [-0.2, 0) is 19.5 Å². The van der Waals surface area contributed by atoms with Crippen LogP contribution in [0.1, 0.15) is 47.2 Å². The molecule has 4 rings (SSSR count). The number of fused-ring (bicyclic) bond motifs is 1. The number of nitrogens with zero attached hydrogens (tertiary/aromatic N) is 3. The zero-order valence-corrected chi connectivity index (χ0v) is 17.5. The van der Waals surface area contributed by atoms with Crippen LogP contribution in [-0.4, -0.2) is 40.0 Å². The molecule has 0 radical (unpaired) electrons. The Balaban J connectivity index is 1.64. The minimum absolute atomic E-state index is 0.0279. The molecule has 0 saturated carbocycles. The summed E-state index contributed by atoms with van der Waals surface area (Å²) < 4.78 is 3.42. The van der Waals surface area contributed by atoms with Gasteiger partial charge in [0.1, 0.15) is 5.82 Å². The molecule has 1 aliphatic heterocycles. The molecule has 0 spiro atoms. The van der Waals surface area contributed by atoms with Crippen LogP contribution in [0.5, 0.6) is 0 Å². The van der Waals surface area contributed by atoms with Gasteiger partial charge in [0, 0.05) is 36.7 Å². The van der Waals surface area contributed by atoms with Crippen LogP contribution in [0.2, 0.25) is 0 Å². The number of amides is 1. The van der Waals surface area contributed by atoms with E-state index in [0.717, 1.165) is 36.8 Å². The standard InChI is InChI=1S/C22H28N4OS/c1-3-25-13-11-24-20(25)15-26-12-7-6-8-16(26)14-18-17-9-4-5-10-19(17)28-21(18)22(27)23-2/h4-5,9-11,13,16H,3,6-8,12,14-15H2,1-2H3,(H,23,27)/t16-/m1/s1. The van der Waals surface area contributed by atoms with Gasteiger partial charge in [-0.1, -0.05) is 24.6 Å². The topological polar surface area (TPSA) is 50.2 Å². The summed E-state index contributed by atoms with van der Waals surface area (Å²) in [5.41, 5.74) is 1.20. The number of aryl methyl sites for hydroxylation is 1. The number of piperidine rings is 1. The Kier molecular flexibility index (Phi) is 5.78. The Morgan fingerprint density at radius 2 is 2.18 bits per heavy atom. The minimum Gasteiger partial charge on any atom is -0.354 e. The molecule has 3 aromatic rings. The number of likely N-dealkylation sites (tertiary alicyclic amines) is 1. The van der Waals surface area contributed by atoms with Gasteiger partial charge < -0.3 is 9.88 Å². The molecule has 28 heavy (non-hydrogen) atoms. The molecule has 1 fully saturated rings. The largest absolute Gasteiger partial charge is 0.354 e. The molecular weight excluding hydrogens is 368 g/mol. The van der Waals surface area contributed by atoms with E-state index < -0.39 is 0 Å². The number of rotatable bonds is 6. The lowest BCUT2D eigenvalue weighted by atomic mass is 9.94. The van der Waals surface area contributed by atoms with Gasteiger partial charge in [0.05, 0.1) is 11.4 Å². The summed E-state index contributed by atoms with van der Waals surface area (Å²) in [4.78, 5) is 20.6. The molecule has 1 N–H and O–H groups in total. The third-order valence-corrected chi connectivity index (χ3v) is 7.02. The van der Waals surface area contributed by atoms with Crippen LogP contribution in [0.25, 0.3) is 10.1 Å². The van der Waals surface area contributed by atoms with Crippen molar-refractivity contribution in [2.24, 2.45) is 0 Å². The van der Waals surface area contributed by atoms with Crippen LogP contribution in [0.4, 0.5) is 0 Å². The summed E-state index contributed by atoms with van der Waals surface area (Å²) in [5, 5.41) is 4.06. The second kappa shape index (κ2) is 8.45. The van der Waals surface area contributed by atoms with Crippen molar-refractivity contribution < 1.29 is 4.79 Å². The molecular formula is C22H28N4OS. The fourth-order valence-electron chi connectivity index (χ4n) is 4.29. The predicted octanol–water partition coefficient (Wildman–Crippen LogP) is 4.07. The minimum atomic E-state index is 0.0279. The molecule has 1 atom stereocenters. The van der Waals surface area contributed by atoms with Crippen molar-refractivity contribution in [1.29, 1.82) is 0 Å². The number of thiophene rings is 1. The van der Waals surface area contributed by atoms with Gasteiger partial charge in [0.2, 0.25) is 0 Å². The molecule has 1 aromatic carbocycles. The number of benzene rings is 1. The van der Waals surface area contributed by atoms with Crippen LogP contribution >= 0.6 is 11.3 Å². The first kappa shape index (κ1) is 19.2. The van der Waals surface area contributed by atoms with Crippen molar-refractivity contribution in [2.75, 3.05) is 13.6 Å². The summed E-state index contributed by atoms with van der Waals surface area (Å²) in [5.74, 6) is 1.16. The van der Waals surface area contributed by atoms with Crippen LogP contribution < -0.4 is 5.32 Å². The molecule has 1 saturated heterocycles. The molecule has 1 amide bonds. The average Bonchev–Trinajstić information content (AvgIpc) is 3.33. The van der Waals surface area contributed by atoms with Gasteiger partial charge in [0.15, 0.2) is 0 Å². The zero-order valence-electron chi connectivity index (χ0n) is 16.6. The first-order chi connectivity index (χ1) is 13.7. The molecule has 0 bridgehead atoms. The van der Waals surface area contributed by atoms with Gasteiger partial charge in [-0.05, 0) is 49.7 Å². The van der Waals surface area contributed by atoms with Gasteiger partial charge >= 0.3 is 0 Å². The highest BCUT2D eigenvalue weighted by molar-refractivity contribution is 7.21. The smallest absolute Gasteiger partial charge is 0.261 e. The van der Waals surface area contributed by atoms with E-state index in [1.807, 2.05) is 12.3 Å². The van der Waals surface area contributed by atoms with E-state index in [9.17, 15) is 4.79 Å². The van der Waals surface area contributed by atoms with Gasteiger partial charge in [-0.3, -0.25) is 9.69 Å². The Morgan fingerprint density at radius 1 is 1.32 bits per heavy atom. The van der Waals surface area contributed by atoms with E-state index in [2.05, 4.69) is 51.1 Å². The average molecular weight is 397 g/mol. The lowest BCUT2D eigenvalue weighted by Crippen LogP contribution is -2.41. The Labute approximate surface area is 170 Å². The number of carbonyl (C=O) groups excluding carboxylic acids is 1. The molecule has 148 valence electrons. The maximum atomic E-state index is 12.5. The highest BCUT2D eigenvalue weighted by Gasteiger charge is 2.27. The van der Waals surface area contributed by atoms with Crippen molar-refractivity contribution in [1.82, 2.24) is 19.8 Å². The van der Waals surface area contributed by atoms with E-state index in [4.69, 9.17) is 0 Å². The fourth-order valence-corrected chi connectivity index (χ4v) is 5.47. The summed E-state index contributed by atoms with van der Waals surface area (Å²) in [6.45, 7) is 5.08. The van der Waals surface area contributed by atoms with Crippen LogP contribution in [0.3, 0.4) is 0 Å². The molecule has 5 nitrogen and oxygen atoms in total. The van der Waals surface area contributed by atoms with Crippen molar-refractivity contribution in [3.8, 4) is 0 Å². The van der Waals surface area contributed by atoms with Crippen molar-refractivity contribution in [3.05, 3.63) is 52.9 Å². The number of aromatic nitrogens is 2. The highest BCUT2D eigenvalue weighted by atomic mass is 32.1. The quantitative estimate of drug-likeness (QED) is 0.683. The van der Waals surface area contributed by atoms with Gasteiger partial charge in [0.25, 0.3) is 5.91 Å². The number of carbonyl (C=O) groups is 1. The second-order valence-electron chi connectivity index (χ2n) is 7.44. The molecule has 1 aliphatic rings. The first-order valence-electron chi connectivity index (χ1n) is 10.2. The lowest BCUT2D eigenvalue weighted by molar-refractivity contribution is 0.0964. The number of hydrogen-bond donors (Lipinski definition) is 1. The van der Waals surface area contributed by atoms with E-state index in [-0.39, 0.29) is 5.91 Å². The third kappa shape index (κ3) is 3.71. The molecule has 0 aliphatic carbocycles. The first-order valence-corrected chi connectivity index (χ1v) is 11.0. The van der Waals surface area contributed by atoms with Crippen LogP contribution in [0, 0.1) is 0 Å². The van der Waals surface area contributed by atoms with Gasteiger partial charge in [-0.25, -0.2) is 4.98 Å². The second-order valence-corrected chi connectivity index (χ2v) is 8.49. The Morgan fingerprint density at radius 3 is 3.00 bits per heavy atom. The molecule has 2 aromatic heterocycles. The SMILES string of the molecule is CCn1ccnc1CN1CCCC[C@@H]1Cc1c(C(=O)NC)sc2ccccc12. The summed E-state index contributed by atoms with van der Waals surface area (Å²) in [6.07, 6.45) is 8.53. The summed E-state index contributed by atoms with van der Waals surface area (Å²) in [7, 11) is 1.72. The normalized spacial score (nSPS) is 17.9. The Hall–Kier alpha value is -2.18. The molecule has 0 unspecified atom stereocenters. The van der Waals surface area contributed by atoms with E-state index in [1.165, 1.54) is 34.9 Å². The van der Waals surface area contributed by atoms with E-state index in [0.29, 0.717) is 6.04 Å². The maximum absolute atomic E-state index is 12.5. The number of imidazole rings is 1. The maximum Gasteiger partial charge on any atom is 0.261 e. The molecule has 6 heteroatoms. The number of nitrogens with one attached hydrogen (secondary N) is 1. The lowest BCUT2D eigenvalue weighted by Gasteiger charge is -2.35. The van der Waals surface area contributed by atoms with E-state index >= 15 is 0 Å². The fraction of sp³-hybridized carbons (Fsp3) is 0.455. The molecule has 3 heterocycles. The summed E-state index contributed by atoms with van der Waals surface area (Å²) in [6, 6.07) is 8.84.